The highest BCUT2D eigenvalue weighted by Crippen LogP contribution is 2.18. The number of nitriles is 1. The first-order chi connectivity index (χ1) is 13.4. The fourth-order valence-corrected chi connectivity index (χ4v) is 3.51. The molecule has 3 aromatic carbocycles. The molecule has 3 rings (SSSR count). The van der Waals surface area contributed by atoms with Gasteiger partial charge in [-0.2, -0.15) is 5.26 Å². The number of hydrogen-bond acceptors (Lipinski definition) is 4. The molecule has 3 aromatic rings. The van der Waals surface area contributed by atoms with E-state index in [0.717, 1.165) is 5.56 Å². The van der Waals surface area contributed by atoms with Gasteiger partial charge in [0.15, 0.2) is 0 Å². The van der Waals surface area contributed by atoms with Crippen molar-refractivity contribution in [3.8, 4) is 6.07 Å². The third kappa shape index (κ3) is 4.55. The van der Waals surface area contributed by atoms with Gasteiger partial charge < -0.3 is 5.32 Å². The summed E-state index contributed by atoms with van der Waals surface area (Å²) in [4.78, 5) is 12.4. The monoisotopic (exact) mass is 391 g/mol. The summed E-state index contributed by atoms with van der Waals surface area (Å²) in [5, 5.41) is 11.5. The van der Waals surface area contributed by atoms with E-state index in [9.17, 15) is 13.2 Å². The van der Waals surface area contributed by atoms with Gasteiger partial charge in [-0.3, -0.25) is 9.52 Å². The zero-order valence-electron chi connectivity index (χ0n) is 15.0. The van der Waals surface area contributed by atoms with E-state index in [1.807, 2.05) is 25.1 Å². The Labute approximate surface area is 163 Å². The topological polar surface area (TPSA) is 99.1 Å². The molecule has 0 aliphatic rings. The van der Waals surface area contributed by atoms with Crippen LogP contribution in [0.3, 0.4) is 0 Å². The predicted octanol–water partition coefficient (Wildman–Crippen LogP) is 3.92. The molecule has 0 saturated carbocycles. The maximum atomic E-state index is 12.5. The zero-order chi connectivity index (χ0) is 20.1. The number of amides is 1. The van der Waals surface area contributed by atoms with Gasteiger partial charge in [-0.25, -0.2) is 8.42 Å². The molecule has 28 heavy (non-hydrogen) atoms. The molecular weight excluding hydrogens is 374 g/mol. The molecule has 0 aliphatic carbocycles. The highest BCUT2D eigenvalue weighted by Gasteiger charge is 2.15. The van der Waals surface area contributed by atoms with Crippen LogP contribution >= 0.6 is 0 Å². The summed E-state index contributed by atoms with van der Waals surface area (Å²) in [5.41, 5.74) is 2.85. The molecule has 0 saturated heterocycles. The Morgan fingerprint density at radius 2 is 1.43 bits per heavy atom. The summed E-state index contributed by atoms with van der Waals surface area (Å²) in [6, 6.07) is 21.1. The lowest BCUT2D eigenvalue weighted by molar-refractivity contribution is 0.102. The third-order valence-corrected chi connectivity index (χ3v) is 5.40. The van der Waals surface area contributed by atoms with Gasteiger partial charge in [0.2, 0.25) is 0 Å². The number of carbonyl (C=O) groups is 1. The molecule has 0 atom stereocenters. The van der Waals surface area contributed by atoms with Crippen molar-refractivity contribution in [3.63, 3.8) is 0 Å². The Bertz CT molecular complexity index is 1130. The fourth-order valence-electron chi connectivity index (χ4n) is 2.45. The molecule has 7 heteroatoms. The van der Waals surface area contributed by atoms with Crippen molar-refractivity contribution in [3.05, 3.63) is 89.5 Å². The molecule has 0 fully saturated rings. The molecule has 6 nitrogen and oxygen atoms in total. The minimum Gasteiger partial charge on any atom is -0.322 e. The Kier molecular flexibility index (Phi) is 5.43. The number of rotatable bonds is 5. The Hall–Kier alpha value is -3.63. The molecule has 0 bridgehead atoms. The smallest absolute Gasteiger partial charge is 0.261 e. The number of sulfonamides is 1. The summed E-state index contributed by atoms with van der Waals surface area (Å²) < 4.78 is 27.5. The number of hydrogen-bond donors (Lipinski definition) is 2. The molecule has 0 unspecified atom stereocenters. The lowest BCUT2D eigenvalue weighted by atomic mass is 10.2. The van der Waals surface area contributed by atoms with Gasteiger partial charge in [0.1, 0.15) is 0 Å². The SMILES string of the molecule is Cc1ccc(NS(=O)(=O)c2ccc(C(=O)Nc3ccc(C#N)cc3)cc2)cc1. The quantitative estimate of drug-likeness (QED) is 0.688. The Balaban J connectivity index is 1.71. The van der Waals surface area contributed by atoms with E-state index < -0.39 is 10.0 Å². The summed E-state index contributed by atoms with van der Waals surface area (Å²) in [7, 11) is -3.75. The first kappa shape index (κ1) is 19.1. The van der Waals surface area contributed by atoms with Crippen LogP contribution in [0.1, 0.15) is 21.5 Å². The average Bonchev–Trinajstić information content (AvgIpc) is 2.70. The van der Waals surface area contributed by atoms with Crippen LogP contribution in [-0.2, 0) is 10.0 Å². The van der Waals surface area contributed by atoms with Crippen LogP contribution in [0.4, 0.5) is 11.4 Å². The number of nitrogens with one attached hydrogen (secondary N) is 2. The van der Waals surface area contributed by atoms with Crippen LogP contribution in [0.5, 0.6) is 0 Å². The molecule has 0 aromatic heterocycles. The molecule has 0 heterocycles. The van der Waals surface area contributed by atoms with Crippen molar-refractivity contribution in [2.75, 3.05) is 10.0 Å². The van der Waals surface area contributed by atoms with E-state index in [0.29, 0.717) is 22.5 Å². The fraction of sp³-hybridized carbons (Fsp3) is 0.0476. The van der Waals surface area contributed by atoms with Crippen molar-refractivity contribution in [1.82, 2.24) is 0 Å². The standard InChI is InChI=1S/C21H17N3O3S/c1-15-2-8-19(9-3-15)24-28(26,27)20-12-6-17(7-13-20)21(25)23-18-10-4-16(14-22)5-11-18/h2-13,24H,1H3,(H,23,25). The number of carbonyl (C=O) groups excluding carboxylic acids is 1. The number of nitrogens with zero attached hydrogens (tertiary/aromatic N) is 1. The summed E-state index contributed by atoms with van der Waals surface area (Å²) in [6.45, 7) is 1.92. The van der Waals surface area contributed by atoms with Gasteiger partial charge in [-0.1, -0.05) is 17.7 Å². The van der Waals surface area contributed by atoms with Gasteiger partial charge in [0, 0.05) is 16.9 Å². The molecular formula is C21H17N3O3S. The van der Waals surface area contributed by atoms with Crippen molar-refractivity contribution in [2.45, 2.75) is 11.8 Å². The highest BCUT2D eigenvalue weighted by atomic mass is 32.2. The largest absolute Gasteiger partial charge is 0.322 e. The Morgan fingerprint density at radius 1 is 0.857 bits per heavy atom. The first-order valence-electron chi connectivity index (χ1n) is 8.38. The van der Waals surface area contributed by atoms with Gasteiger partial charge in [-0.15, -0.1) is 0 Å². The van der Waals surface area contributed by atoms with Crippen LogP contribution in [0.15, 0.2) is 77.7 Å². The van der Waals surface area contributed by atoms with E-state index >= 15 is 0 Å². The summed E-state index contributed by atoms with van der Waals surface area (Å²) in [6.07, 6.45) is 0. The normalized spacial score (nSPS) is 10.7. The maximum absolute atomic E-state index is 12.5. The molecule has 140 valence electrons. The lowest BCUT2D eigenvalue weighted by Gasteiger charge is -2.09. The number of aryl methyl sites for hydroxylation is 1. The minimum atomic E-state index is -3.75. The lowest BCUT2D eigenvalue weighted by Crippen LogP contribution is -2.14. The Morgan fingerprint density at radius 3 is 2.00 bits per heavy atom. The van der Waals surface area contributed by atoms with Crippen LogP contribution in [0.2, 0.25) is 0 Å². The van der Waals surface area contributed by atoms with E-state index in [2.05, 4.69) is 10.0 Å². The van der Waals surface area contributed by atoms with Gasteiger partial charge in [0.05, 0.1) is 16.5 Å². The van der Waals surface area contributed by atoms with Crippen molar-refractivity contribution in [2.24, 2.45) is 0 Å². The zero-order valence-corrected chi connectivity index (χ0v) is 15.8. The van der Waals surface area contributed by atoms with Crippen molar-refractivity contribution >= 4 is 27.3 Å². The van der Waals surface area contributed by atoms with Gasteiger partial charge in [-0.05, 0) is 67.6 Å². The van der Waals surface area contributed by atoms with Crippen molar-refractivity contribution in [1.29, 1.82) is 5.26 Å². The molecule has 1 amide bonds. The van der Waals surface area contributed by atoms with Crippen LogP contribution in [0, 0.1) is 18.3 Å². The molecule has 0 aliphatic heterocycles. The van der Waals surface area contributed by atoms with Crippen LogP contribution in [0.25, 0.3) is 0 Å². The molecule has 2 N–H and O–H groups in total. The van der Waals surface area contributed by atoms with E-state index in [1.165, 1.54) is 24.3 Å². The highest BCUT2D eigenvalue weighted by molar-refractivity contribution is 7.92. The second kappa shape index (κ2) is 7.94. The summed E-state index contributed by atoms with van der Waals surface area (Å²) in [5.74, 6) is -0.375. The second-order valence-corrected chi connectivity index (χ2v) is 7.82. The number of benzene rings is 3. The summed E-state index contributed by atoms with van der Waals surface area (Å²) >= 11 is 0. The minimum absolute atomic E-state index is 0.0583. The van der Waals surface area contributed by atoms with Crippen molar-refractivity contribution < 1.29 is 13.2 Å². The third-order valence-electron chi connectivity index (χ3n) is 4.00. The van der Waals surface area contributed by atoms with Gasteiger partial charge >= 0.3 is 0 Å². The molecule has 0 spiro atoms. The average molecular weight is 391 g/mol. The predicted molar refractivity (Wildman–Crippen MR) is 108 cm³/mol. The van der Waals surface area contributed by atoms with Crippen LogP contribution in [-0.4, -0.2) is 14.3 Å². The van der Waals surface area contributed by atoms with Crippen LogP contribution < -0.4 is 10.0 Å². The van der Waals surface area contributed by atoms with E-state index in [1.54, 1.807) is 36.4 Å². The van der Waals surface area contributed by atoms with Gasteiger partial charge in [0.25, 0.3) is 15.9 Å². The molecule has 0 radical (unpaired) electrons. The van der Waals surface area contributed by atoms with E-state index in [4.69, 9.17) is 5.26 Å². The van der Waals surface area contributed by atoms with E-state index in [-0.39, 0.29) is 10.8 Å². The maximum Gasteiger partial charge on any atom is 0.261 e. The first-order valence-corrected chi connectivity index (χ1v) is 9.87. The number of anilines is 2. The second-order valence-electron chi connectivity index (χ2n) is 6.14.